The molecule has 1 heterocycles. The van der Waals surface area contributed by atoms with Gasteiger partial charge in [0.25, 0.3) is 0 Å². The quantitative estimate of drug-likeness (QED) is 0.308. The number of methoxy groups -OCH3 is 1. The summed E-state index contributed by atoms with van der Waals surface area (Å²) in [5.74, 6) is -0.430. The number of piperidine rings is 1. The van der Waals surface area contributed by atoms with Gasteiger partial charge in [0.1, 0.15) is 12.0 Å². The van der Waals surface area contributed by atoms with E-state index in [2.05, 4.69) is 10.6 Å². The molecule has 9 heteroatoms. The van der Waals surface area contributed by atoms with E-state index in [0.717, 1.165) is 32.1 Å². The van der Waals surface area contributed by atoms with Crippen LogP contribution in [0.2, 0.25) is 5.02 Å². The molecular weight excluding hydrogens is 500 g/mol. The van der Waals surface area contributed by atoms with Gasteiger partial charge in [-0.05, 0) is 83.2 Å². The topological polar surface area (TPSA) is 73.8 Å². The number of hydrogen-bond donors (Lipinski definition) is 3. The molecule has 1 saturated carbocycles. The maximum absolute atomic E-state index is 14.4. The number of hydrogen-bond acceptors (Lipinski definition) is 4. The van der Waals surface area contributed by atoms with Crippen LogP contribution in [-0.2, 0) is 10.3 Å². The number of rotatable bonds is 12. The van der Waals surface area contributed by atoms with Gasteiger partial charge in [-0.15, -0.1) is 0 Å². The van der Waals surface area contributed by atoms with Gasteiger partial charge in [-0.2, -0.15) is 0 Å². The van der Waals surface area contributed by atoms with Crippen molar-refractivity contribution in [3.05, 3.63) is 34.6 Å². The molecule has 1 aromatic carbocycles. The fourth-order valence-corrected chi connectivity index (χ4v) is 6.34. The Morgan fingerprint density at radius 1 is 1.27 bits per heavy atom. The molecule has 2 fully saturated rings. The molecule has 1 saturated heterocycles. The summed E-state index contributed by atoms with van der Waals surface area (Å²) in [4.78, 5) is 15.1. The Morgan fingerprint density at radius 2 is 2.03 bits per heavy atom. The maximum Gasteiger partial charge on any atom is 0.317 e. The van der Waals surface area contributed by atoms with Crippen molar-refractivity contribution in [1.82, 2.24) is 15.5 Å². The highest BCUT2D eigenvalue weighted by molar-refractivity contribution is 6.31. The van der Waals surface area contributed by atoms with E-state index < -0.39 is 17.6 Å². The first-order valence-electron chi connectivity index (χ1n) is 13.8. The first-order valence-corrected chi connectivity index (χ1v) is 14.2. The van der Waals surface area contributed by atoms with Crippen LogP contribution in [0.1, 0.15) is 69.8 Å². The van der Waals surface area contributed by atoms with Crippen molar-refractivity contribution in [3.63, 3.8) is 0 Å². The molecule has 0 radical (unpaired) electrons. The Labute approximate surface area is 225 Å². The highest BCUT2D eigenvalue weighted by Crippen LogP contribution is 2.43. The molecule has 3 N–H and O–H groups in total. The second-order valence-electron chi connectivity index (χ2n) is 10.8. The minimum Gasteiger partial charge on any atom is -0.385 e. The smallest absolute Gasteiger partial charge is 0.317 e. The standard InChI is InChI=1S/C28H44ClF2N3O3/c1-32-18-23(17-20-10-12-22(30)13-11-20)33-27(35)34-15-6-7-21(19-34)28(36,14-3-4-16-37-2)24-8-5-9-25(31)26(24)29/h5,8-9,20-23,32,36H,3-4,6-7,10-19H2,1-2H3,(H,33,35)/t20?,21-,22?,23+,28+/m1/s1. The third-order valence-electron chi connectivity index (χ3n) is 8.13. The molecule has 3 rings (SSSR count). The molecule has 0 bridgehead atoms. The Balaban J connectivity index is 1.70. The highest BCUT2D eigenvalue weighted by Gasteiger charge is 2.43. The van der Waals surface area contributed by atoms with Crippen molar-refractivity contribution >= 4 is 17.6 Å². The predicted molar refractivity (Wildman–Crippen MR) is 143 cm³/mol. The first kappa shape index (κ1) is 30.1. The van der Waals surface area contributed by atoms with Crippen LogP contribution in [0.25, 0.3) is 0 Å². The van der Waals surface area contributed by atoms with Crippen LogP contribution in [0, 0.1) is 17.7 Å². The fourth-order valence-electron chi connectivity index (χ4n) is 6.05. The van der Waals surface area contributed by atoms with Gasteiger partial charge in [0.2, 0.25) is 0 Å². The summed E-state index contributed by atoms with van der Waals surface area (Å²) in [5, 5.41) is 18.3. The monoisotopic (exact) mass is 543 g/mol. The Kier molecular flexibility index (Phi) is 11.9. The third kappa shape index (κ3) is 8.25. The van der Waals surface area contributed by atoms with Crippen molar-refractivity contribution in [2.75, 3.05) is 40.4 Å². The average molecular weight is 544 g/mol. The third-order valence-corrected chi connectivity index (χ3v) is 8.51. The van der Waals surface area contributed by atoms with Gasteiger partial charge >= 0.3 is 6.03 Å². The lowest BCUT2D eigenvalue weighted by Crippen LogP contribution is -2.54. The molecule has 2 aliphatic rings. The number of ether oxygens (including phenoxy) is 1. The van der Waals surface area contributed by atoms with Gasteiger partial charge in [-0.3, -0.25) is 0 Å². The van der Waals surface area contributed by atoms with Crippen LogP contribution >= 0.6 is 11.6 Å². The summed E-state index contributed by atoms with van der Waals surface area (Å²) in [5.41, 5.74) is -0.975. The molecule has 0 spiro atoms. The molecule has 0 aromatic heterocycles. The van der Waals surface area contributed by atoms with Gasteiger partial charge in [0, 0.05) is 50.9 Å². The number of carbonyl (C=O) groups is 1. The lowest BCUT2D eigenvalue weighted by molar-refractivity contribution is -0.0565. The van der Waals surface area contributed by atoms with E-state index >= 15 is 0 Å². The number of likely N-dealkylation sites (N-methyl/N-ethyl adjacent to an activating group) is 1. The van der Waals surface area contributed by atoms with Crippen molar-refractivity contribution < 1.29 is 23.4 Å². The molecule has 2 amide bonds. The van der Waals surface area contributed by atoms with Crippen molar-refractivity contribution in [1.29, 1.82) is 0 Å². The van der Waals surface area contributed by atoms with Gasteiger partial charge in [-0.25, -0.2) is 13.6 Å². The van der Waals surface area contributed by atoms with Gasteiger partial charge in [0.15, 0.2) is 0 Å². The number of amides is 2. The van der Waals surface area contributed by atoms with E-state index in [9.17, 15) is 18.7 Å². The van der Waals surface area contributed by atoms with Crippen LogP contribution in [0.15, 0.2) is 18.2 Å². The van der Waals surface area contributed by atoms with Gasteiger partial charge in [-0.1, -0.05) is 23.7 Å². The van der Waals surface area contributed by atoms with Crippen LogP contribution in [0.5, 0.6) is 0 Å². The Bertz CT molecular complexity index is 856. The SMILES string of the molecule is CNC[C@H](CC1CCC(F)CC1)NC(=O)N1CCC[C@@H]([C@@](O)(CCCCOC)c2cccc(F)c2Cl)C1. The largest absolute Gasteiger partial charge is 0.385 e. The summed E-state index contributed by atoms with van der Waals surface area (Å²) < 4.78 is 33.1. The first-order chi connectivity index (χ1) is 17.8. The van der Waals surface area contributed by atoms with E-state index in [1.165, 1.54) is 6.07 Å². The zero-order chi connectivity index (χ0) is 26.8. The Hall–Kier alpha value is -1.48. The number of alkyl halides is 1. The van der Waals surface area contributed by atoms with Crippen molar-refractivity contribution in [3.8, 4) is 0 Å². The number of halogens is 3. The van der Waals surface area contributed by atoms with E-state index in [1.807, 2.05) is 7.05 Å². The molecule has 1 aliphatic carbocycles. The van der Waals surface area contributed by atoms with E-state index in [1.54, 1.807) is 24.1 Å². The normalized spacial score (nSPS) is 24.9. The van der Waals surface area contributed by atoms with Gasteiger partial charge < -0.3 is 25.4 Å². The maximum atomic E-state index is 14.4. The summed E-state index contributed by atoms with van der Waals surface area (Å²) in [7, 11) is 3.50. The molecule has 0 unspecified atom stereocenters. The van der Waals surface area contributed by atoms with Crippen LogP contribution < -0.4 is 10.6 Å². The minimum absolute atomic E-state index is 0.0513. The average Bonchev–Trinajstić information content (AvgIpc) is 2.89. The molecule has 37 heavy (non-hydrogen) atoms. The molecule has 6 nitrogen and oxygen atoms in total. The number of nitrogens with one attached hydrogen (secondary N) is 2. The summed E-state index contributed by atoms with van der Waals surface area (Å²) in [6.45, 7) is 2.17. The van der Waals surface area contributed by atoms with Crippen LogP contribution in [0.4, 0.5) is 13.6 Å². The number of nitrogens with zero attached hydrogens (tertiary/aromatic N) is 1. The second kappa shape index (κ2) is 14.6. The second-order valence-corrected chi connectivity index (χ2v) is 11.2. The number of aliphatic hydroxyl groups is 1. The number of unbranched alkanes of at least 4 members (excludes halogenated alkanes) is 1. The highest BCUT2D eigenvalue weighted by atomic mass is 35.5. The van der Waals surface area contributed by atoms with E-state index in [4.69, 9.17) is 16.3 Å². The summed E-state index contributed by atoms with van der Waals surface area (Å²) in [6.07, 6.45) is 6.34. The lowest BCUT2D eigenvalue weighted by atomic mass is 9.74. The van der Waals surface area contributed by atoms with Crippen LogP contribution in [-0.4, -0.2) is 68.6 Å². The molecular formula is C28H44ClF2N3O3. The zero-order valence-electron chi connectivity index (χ0n) is 22.3. The summed E-state index contributed by atoms with van der Waals surface area (Å²) >= 11 is 6.36. The molecule has 1 aromatic rings. The van der Waals surface area contributed by atoms with E-state index in [0.29, 0.717) is 69.8 Å². The van der Waals surface area contributed by atoms with Crippen molar-refractivity contribution in [2.24, 2.45) is 11.8 Å². The van der Waals surface area contributed by atoms with Crippen LogP contribution in [0.3, 0.4) is 0 Å². The number of benzene rings is 1. The lowest BCUT2D eigenvalue weighted by Gasteiger charge is -2.43. The van der Waals surface area contributed by atoms with Gasteiger partial charge in [0.05, 0.1) is 10.6 Å². The zero-order valence-corrected chi connectivity index (χ0v) is 23.0. The number of likely N-dealkylation sites (tertiary alicyclic amines) is 1. The molecule has 3 atom stereocenters. The number of urea groups is 1. The summed E-state index contributed by atoms with van der Waals surface area (Å²) in [6, 6.07) is 4.35. The number of carbonyl (C=O) groups excluding carboxylic acids is 1. The minimum atomic E-state index is -1.36. The predicted octanol–water partition coefficient (Wildman–Crippen LogP) is 5.41. The molecule has 210 valence electrons. The molecule has 1 aliphatic heterocycles. The fraction of sp³-hybridized carbons (Fsp3) is 0.750. The van der Waals surface area contributed by atoms with Crippen molar-refractivity contribution in [2.45, 2.75) is 82.0 Å². The van der Waals surface area contributed by atoms with E-state index in [-0.39, 0.29) is 23.0 Å². The Morgan fingerprint density at radius 3 is 2.73 bits per heavy atom.